The van der Waals surface area contributed by atoms with E-state index in [0.717, 1.165) is 12.8 Å². The van der Waals surface area contributed by atoms with Crippen molar-refractivity contribution < 1.29 is 23.8 Å². The number of hydrogen-bond donors (Lipinski definition) is 0. The van der Waals surface area contributed by atoms with E-state index >= 15 is 0 Å². The minimum absolute atomic E-state index is 0.180. The third-order valence-corrected chi connectivity index (χ3v) is 3.76. The third-order valence-electron chi connectivity index (χ3n) is 3.76. The number of carbonyl (C=O) groups excluding carboxylic acids is 2. The van der Waals surface area contributed by atoms with Crippen LogP contribution in [0.25, 0.3) is 0 Å². The summed E-state index contributed by atoms with van der Waals surface area (Å²) in [6.45, 7) is 9.78. The molecule has 0 bridgehead atoms. The molecule has 5 heteroatoms. The van der Waals surface area contributed by atoms with Crippen molar-refractivity contribution in [2.24, 2.45) is 5.92 Å². The van der Waals surface area contributed by atoms with Crippen molar-refractivity contribution in [2.75, 3.05) is 13.2 Å². The van der Waals surface area contributed by atoms with Gasteiger partial charge in [-0.15, -0.1) is 0 Å². The van der Waals surface area contributed by atoms with E-state index < -0.39 is 17.2 Å². The van der Waals surface area contributed by atoms with Gasteiger partial charge in [-0.3, -0.25) is 4.79 Å². The first-order chi connectivity index (χ1) is 9.25. The monoisotopic (exact) mass is 286 g/mol. The van der Waals surface area contributed by atoms with E-state index in [-0.39, 0.29) is 18.3 Å². The highest BCUT2D eigenvalue weighted by molar-refractivity contribution is 5.81. The van der Waals surface area contributed by atoms with Gasteiger partial charge < -0.3 is 14.2 Å². The van der Waals surface area contributed by atoms with E-state index in [1.54, 1.807) is 20.8 Å². The minimum atomic E-state index is -1.09. The lowest BCUT2D eigenvalue weighted by atomic mass is 9.76. The fourth-order valence-corrected chi connectivity index (χ4v) is 2.71. The first-order valence-corrected chi connectivity index (χ1v) is 7.28. The molecule has 0 radical (unpaired) electrons. The predicted molar refractivity (Wildman–Crippen MR) is 74.2 cm³/mol. The van der Waals surface area contributed by atoms with Crippen LogP contribution in [0.4, 0.5) is 0 Å². The highest BCUT2D eigenvalue weighted by Crippen LogP contribution is 2.41. The van der Waals surface area contributed by atoms with E-state index in [4.69, 9.17) is 14.2 Å². The molecule has 0 saturated carbocycles. The van der Waals surface area contributed by atoms with E-state index in [9.17, 15) is 9.59 Å². The van der Waals surface area contributed by atoms with Gasteiger partial charge in [0.2, 0.25) is 0 Å². The van der Waals surface area contributed by atoms with Crippen molar-refractivity contribution in [3.8, 4) is 0 Å². The molecule has 1 saturated heterocycles. The number of hydrogen-bond acceptors (Lipinski definition) is 5. The van der Waals surface area contributed by atoms with Crippen LogP contribution in [-0.2, 0) is 23.8 Å². The molecule has 5 nitrogen and oxygen atoms in total. The normalized spacial score (nSPS) is 28.8. The molecule has 20 heavy (non-hydrogen) atoms. The second kappa shape index (κ2) is 6.57. The van der Waals surface area contributed by atoms with Crippen molar-refractivity contribution in [3.05, 3.63) is 0 Å². The quantitative estimate of drug-likeness (QED) is 0.727. The Bertz CT molecular complexity index is 363. The van der Waals surface area contributed by atoms with Crippen LogP contribution in [0.2, 0.25) is 0 Å². The number of rotatable bonds is 5. The average Bonchev–Trinajstić information content (AvgIpc) is 2.33. The molecule has 0 aromatic rings. The van der Waals surface area contributed by atoms with Crippen molar-refractivity contribution in [2.45, 2.75) is 65.1 Å². The lowest BCUT2D eigenvalue weighted by Gasteiger charge is -2.46. The third kappa shape index (κ3) is 3.95. The lowest BCUT2D eigenvalue weighted by Crippen LogP contribution is -2.55. The van der Waals surface area contributed by atoms with Crippen LogP contribution < -0.4 is 0 Å². The van der Waals surface area contributed by atoms with E-state index in [1.165, 1.54) is 0 Å². The molecule has 0 spiro atoms. The lowest BCUT2D eigenvalue weighted by molar-refractivity contribution is -0.220. The number of carbonyl (C=O) groups is 2. The molecule has 116 valence electrons. The van der Waals surface area contributed by atoms with Gasteiger partial charge >= 0.3 is 11.9 Å². The first kappa shape index (κ1) is 17.0. The van der Waals surface area contributed by atoms with Gasteiger partial charge in [0.1, 0.15) is 0 Å². The fourth-order valence-electron chi connectivity index (χ4n) is 2.71. The van der Waals surface area contributed by atoms with Crippen LogP contribution >= 0.6 is 0 Å². The Kier molecular flexibility index (Phi) is 5.57. The topological polar surface area (TPSA) is 61.8 Å². The molecule has 0 unspecified atom stereocenters. The Morgan fingerprint density at radius 3 is 2.30 bits per heavy atom. The Morgan fingerprint density at radius 2 is 1.75 bits per heavy atom. The molecule has 1 aliphatic heterocycles. The molecule has 1 rings (SSSR count). The van der Waals surface area contributed by atoms with Crippen LogP contribution in [-0.4, -0.2) is 36.4 Å². The average molecular weight is 286 g/mol. The minimum Gasteiger partial charge on any atom is -0.466 e. The van der Waals surface area contributed by atoms with Crippen LogP contribution in [0.5, 0.6) is 0 Å². The summed E-state index contributed by atoms with van der Waals surface area (Å²) < 4.78 is 16.1. The van der Waals surface area contributed by atoms with E-state index in [0.29, 0.717) is 13.2 Å². The zero-order chi connectivity index (χ0) is 15.4. The smallest absolute Gasteiger partial charge is 0.338 e. The molecule has 0 aliphatic carbocycles. The standard InChI is InChI=1S/C15H26O5/c1-6-18-12(16)10-11-8-9-14(3,4)20-15(11,5)13(17)19-7-2/h11H,6-10H2,1-5H3/t11-,15-/m1/s1. The second-order valence-electron chi connectivity index (χ2n) is 5.93. The maximum atomic E-state index is 12.3. The molecule has 2 atom stereocenters. The first-order valence-electron chi connectivity index (χ1n) is 7.28. The molecule has 0 aromatic carbocycles. The van der Waals surface area contributed by atoms with Gasteiger partial charge in [0.15, 0.2) is 5.60 Å². The van der Waals surface area contributed by atoms with E-state index in [2.05, 4.69) is 0 Å². The zero-order valence-corrected chi connectivity index (χ0v) is 13.2. The summed E-state index contributed by atoms with van der Waals surface area (Å²) >= 11 is 0. The Balaban J connectivity index is 2.89. The Labute approximate surface area is 121 Å². The SMILES string of the molecule is CCOC(=O)C[C@H]1CCC(C)(C)O[C@@]1(C)C(=O)OCC. The maximum Gasteiger partial charge on any atom is 0.338 e. The predicted octanol–water partition coefficient (Wildman–Crippen LogP) is 2.47. The van der Waals surface area contributed by atoms with Gasteiger partial charge in [0.05, 0.1) is 25.2 Å². The molecule has 0 aromatic heterocycles. The van der Waals surface area contributed by atoms with Gasteiger partial charge in [-0.05, 0) is 47.5 Å². The van der Waals surface area contributed by atoms with Crippen LogP contribution in [0.15, 0.2) is 0 Å². The van der Waals surface area contributed by atoms with Crippen LogP contribution in [0.3, 0.4) is 0 Å². The Hall–Kier alpha value is -1.10. The second-order valence-corrected chi connectivity index (χ2v) is 5.93. The summed E-state index contributed by atoms with van der Waals surface area (Å²) in [6.07, 6.45) is 1.71. The van der Waals surface area contributed by atoms with Gasteiger partial charge in [-0.25, -0.2) is 4.79 Å². The molecule has 1 fully saturated rings. The van der Waals surface area contributed by atoms with Crippen molar-refractivity contribution >= 4 is 11.9 Å². The molecule has 0 N–H and O–H groups in total. The fraction of sp³-hybridized carbons (Fsp3) is 0.867. The summed E-state index contributed by atoms with van der Waals surface area (Å²) in [7, 11) is 0. The molecule has 1 aliphatic rings. The van der Waals surface area contributed by atoms with Crippen LogP contribution in [0.1, 0.15) is 53.9 Å². The summed E-state index contributed by atoms with van der Waals surface area (Å²) in [5.74, 6) is -0.910. The zero-order valence-electron chi connectivity index (χ0n) is 13.2. The maximum absolute atomic E-state index is 12.3. The van der Waals surface area contributed by atoms with Gasteiger partial charge in [0.25, 0.3) is 0 Å². The summed E-state index contributed by atoms with van der Waals surface area (Å²) in [4.78, 5) is 24.0. The molecule has 0 amide bonds. The number of esters is 2. The van der Waals surface area contributed by atoms with Crippen molar-refractivity contribution in [3.63, 3.8) is 0 Å². The van der Waals surface area contributed by atoms with Crippen molar-refractivity contribution in [1.29, 1.82) is 0 Å². The summed E-state index contributed by atoms with van der Waals surface area (Å²) in [5.41, 5.74) is -1.49. The van der Waals surface area contributed by atoms with Crippen LogP contribution in [0, 0.1) is 5.92 Å². The molecular weight excluding hydrogens is 260 g/mol. The molecule has 1 heterocycles. The largest absolute Gasteiger partial charge is 0.466 e. The van der Waals surface area contributed by atoms with Gasteiger partial charge in [0, 0.05) is 5.92 Å². The Morgan fingerprint density at radius 1 is 1.15 bits per heavy atom. The highest BCUT2D eigenvalue weighted by Gasteiger charge is 2.51. The van der Waals surface area contributed by atoms with Crippen molar-refractivity contribution in [1.82, 2.24) is 0 Å². The summed E-state index contributed by atoms with van der Waals surface area (Å²) in [5, 5.41) is 0. The number of ether oxygens (including phenoxy) is 3. The summed E-state index contributed by atoms with van der Waals surface area (Å²) in [6, 6.07) is 0. The highest BCUT2D eigenvalue weighted by atomic mass is 16.6. The van der Waals surface area contributed by atoms with E-state index in [1.807, 2.05) is 13.8 Å². The van der Waals surface area contributed by atoms with Gasteiger partial charge in [-0.2, -0.15) is 0 Å². The molecular formula is C15H26O5. The van der Waals surface area contributed by atoms with Gasteiger partial charge in [-0.1, -0.05) is 0 Å².